The van der Waals surface area contributed by atoms with E-state index in [-0.39, 0.29) is 31.3 Å². The SMILES string of the molecule is Nc1c(Cl)cc(NS(=O)(=O)c2ccc(Cl)c([N+](=O)[O-])c2)cc1Cl. The third kappa shape index (κ3) is 3.78. The van der Waals surface area contributed by atoms with Crippen LogP contribution in [0.25, 0.3) is 0 Å². The van der Waals surface area contributed by atoms with Gasteiger partial charge in [-0.2, -0.15) is 0 Å². The highest BCUT2D eigenvalue weighted by Crippen LogP contribution is 2.33. The molecule has 0 heterocycles. The van der Waals surface area contributed by atoms with Gasteiger partial charge < -0.3 is 5.73 Å². The van der Waals surface area contributed by atoms with Crippen molar-refractivity contribution in [3.05, 3.63) is 55.5 Å². The van der Waals surface area contributed by atoms with Gasteiger partial charge in [0, 0.05) is 6.07 Å². The number of sulfonamides is 1. The Labute approximate surface area is 146 Å². The zero-order valence-electron chi connectivity index (χ0n) is 11.1. The van der Waals surface area contributed by atoms with E-state index in [4.69, 9.17) is 40.5 Å². The second-order valence-corrected chi connectivity index (χ2v) is 7.23. The van der Waals surface area contributed by atoms with Gasteiger partial charge in [0.25, 0.3) is 15.7 Å². The molecule has 2 rings (SSSR count). The monoisotopic (exact) mass is 395 g/mol. The molecule has 122 valence electrons. The number of benzene rings is 2. The maximum atomic E-state index is 12.3. The number of hydrogen-bond acceptors (Lipinski definition) is 5. The third-order valence-electron chi connectivity index (χ3n) is 2.76. The number of hydrogen-bond donors (Lipinski definition) is 2. The van der Waals surface area contributed by atoms with E-state index in [0.29, 0.717) is 0 Å². The average Bonchev–Trinajstić information content (AvgIpc) is 2.44. The number of nitro groups is 1. The highest BCUT2D eigenvalue weighted by Gasteiger charge is 2.21. The first-order chi connectivity index (χ1) is 10.6. The van der Waals surface area contributed by atoms with Crippen LogP contribution in [0.3, 0.4) is 0 Å². The Kier molecular flexibility index (Phi) is 4.90. The number of nitrogens with zero attached hydrogens (tertiary/aromatic N) is 1. The van der Waals surface area contributed by atoms with Gasteiger partial charge in [0.2, 0.25) is 0 Å². The van der Waals surface area contributed by atoms with Crippen molar-refractivity contribution in [2.24, 2.45) is 0 Å². The topological polar surface area (TPSA) is 115 Å². The Morgan fingerprint density at radius 1 is 1.04 bits per heavy atom. The van der Waals surface area contributed by atoms with Crippen molar-refractivity contribution >= 4 is 61.9 Å². The molecule has 0 fully saturated rings. The largest absolute Gasteiger partial charge is 0.396 e. The maximum absolute atomic E-state index is 12.3. The maximum Gasteiger partial charge on any atom is 0.289 e. The lowest BCUT2D eigenvalue weighted by Gasteiger charge is -2.10. The van der Waals surface area contributed by atoms with E-state index >= 15 is 0 Å². The van der Waals surface area contributed by atoms with Crippen LogP contribution in [0.2, 0.25) is 15.1 Å². The van der Waals surface area contributed by atoms with Crippen LogP contribution in [-0.2, 0) is 10.0 Å². The standard InChI is InChI=1S/C12H8Cl3N3O4S/c13-8-2-1-7(5-11(8)18(19)20)23(21,22)17-6-3-9(14)12(16)10(15)4-6/h1-5,17H,16H2. The van der Waals surface area contributed by atoms with E-state index in [1.165, 1.54) is 12.1 Å². The van der Waals surface area contributed by atoms with Gasteiger partial charge in [-0.15, -0.1) is 0 Å². The summed E-state index contributed by atoms with van der Waals surface area (Å²) >= 11 is 17.3. The van der Waals surface area contributed by atoms with Gasteiger partial charge in [0.15, 0.2) is 0 Å². The number of nitrogens with two attached hydrogens (primary N) is 1. The summed E-state index contributed by atoms with van der Waals surface area (Å²) in [6.07, 6.45) is 0. The summed E-state index contributed by atoms with van der Waals surface area (Å²) < 4.78 is 26.8. The van der Waals surface area contributed by atoms with Crippen LogP contribution in [0.5, 0.6) is 0 Å². The van der Waals surface area contributed by atoms with Crippen molar-refractivity contribution in [3.63, 3.8) is 0 Å². The van der Waals surface area contributed by atoms with Gasteiger partial charge in [-0.1, -0.05) is 34.8 Å². The quantitative estimate of drug-likeness (QED) is 0.461. The van der Waals surface area contributed by atoms with Crippen LogP contribution in [0.4, 0.5) is 17.1 Å². The second kappa shape index (κ2) is 6.40. The normalized spacial score (nSPS) is 11.3. The lowest BCUT2D eigenvalue weighted by molar-refractivity contribution is -0.384. The lowest BCUT2D eigenvalue weighted by atomic mass is 10.3. The smallest absolute Gasteiger partial charge is 0.289 e. The van der Waals surface area contributed by atoms with Crippen LogP contribution >= 0.6 is 34.8 Å². The highest BCUT2D eigenvalue weighted by atomic mass is 35.5. The van der Waals surface area contributed by atoms with Crippen molar-refractivity contribution in [1.29, 1.82) is 0 Å². The fraction of sp³-hybridized carbons (Fsp3) is 0. The molecule has 0 bridgehead atoms. The minimum Gasteiger partial charge on any atom is -0.396 e. The van der Waals surface area contributed by atoms with Crippen LogP contribution in [0.15, 0.2) is 35.2 Å². The Morgan fingerprint density at radius 2 is 1.61 bits per heavy atom. The molecule has 0 saturated carbocycles. The highest BCUT2D eigenvalue weighted by molar-refractivity contribution is 7.92. The Balaban J connectivity index is 2.44. The predicted octanol–water partition coefficient (Wildman–Crippen LogP) is 3.94. The number of nitrogens with one attached hydrogen (secondary N) is 1. The molecule has 0 saturated heterocycles. The van der Waals surface area contributed by atoms with Crippen molar-refractivity contribution in [2.45, 2.75) is 4.90 Å². The summed E-state index contributed by atoms with van der Waals surface area (Å²) in [5.41, 5.74) is 5.21. The van der Waals surface area contributed by atoms with Gasteiger partial charge in [0.05, 0.1) is 31.2 Å². The van der Waals surface area contributed by atoms with Crippen LogP contribution in [0.1, 0.15) is 0 Å². The first-order valence-electron chi connectivity index (χ1n) is 5.83. The molecule has 3 N–H and O–H groups in total. The number of rotatable bonds is 4. The molecule has 0 aromatic heterocycles. The zero-order chi connectivity index (χ0) is 17.4. The van der Waals surface area contributed by atoms with E-state index < -0.39 is 20.6 Å². The second-order valence-electron chi connectivity index (χ2n) is 4.33. The third-order valence-corrected chi connectivity index (χ3v) is 5.08. The molecule has 23 heavy (non-hydrogen) atoms. The molecule has 2 aromatic carbocycles. The first kappa shape index (κ1) is 17.6. The van der Waals surface area contributed by atoms with E-state index in [9.17, 15) is 18.5 Å². The van der Waals surface area contributed by atoms with Crippen LogP contribution in [-0.4, -0.2) is 13.3 Å². The molecule has 0 unspecified atom stereocenters. The molecule has 0 atom stereocenters. The summed E-state index contributed by atoms with van der Waals surface area (Å²) in [7, 11) is -4.10. The Bertz CT molecular complexity index is 879. The summed E-state index contributed by atoms with van der Waals surface area (Å²) in [4.78, 5) is 9.73. The summed E-state index contributed by atoms with van der Waals surface area (Å²) in [5, 5.41) is 10.8. The minimum atomic E-state index is -4.10. The average molecular weight is 397 g/mol. The van der Waals surface area contributed by atoms with Crippen molar-refractivity contribution < 1.29 is 13.3 Å². The summed E-state index contributed by atoms with van der Waals surface area (Å²) in [6.45, 7) is 0. The molecule has 0 aliphatic carbocycles. The fourth-order valence-electron chi connectivity index (χ4n) is 1.66. The molecule has 0 radical (unpaired) electrons. The van der Waals surface area contributed by atoms with Crippen LogP contribution < -0.4 is 10.5 Å². The number of nitrogen functional groups attached to an aromatic ring is 1. The van der Waals surface area contributed by atoms with Crippen molar-refractivity contribution in [2.75, 3.05) is 10.5 Å². The molecule has 0 aliphatic rings. The molecule has 11 heteroatoms. The first-order valence-corrected chi connectivity index (χ1v) is 8.45. The molecule has 0 aliphatic heterocycles. The van der Waals surface area contributed by atoms with Gasteiger partial charge in [-0.3, -0.25) is 14.8 Å². The van der Waals surface area contributed by atoms with Gasteiger partial charge in [-0.05, 0) is 24.3 Å². The molecule has 0 spiro atoms. The Hall–Kier alpha value is -1.74. The van der Waals surface area contributed by atoms with Gasteiger partial charge in [-0.25, -0.2) is 8.42 Å². The van der Waals surface area contributed by atoms with E-state index in [0.717, 1.165) is 18.2 Å². The molecule has 0 amide bonds. The Morgan fingerprint density at radius 3 is 2.13 bits per heavy atom. The lowest BCUT2D eigenvalue weighted by Crippen LogP contribution is -2.13. The number of nitro benzene ring substituents is 1. The predicted molar refractivity (Wildman–Crippen MR) is 89.8 cm³/mol. The fourth-order valence-corrected chi connectivity index (χ4v) is 3.39. The summed E-state index contributed by atoms with van der Waals surface area (Å²) in [6, 6.07) is 5.65. The summed E-state index contributed by atoms with van der Waals surface area (Å²) in [5.74, 6) is 0. The van der Waals surface area contributed by atoms with Crippen LogP contribution in [0, 0.1) is 10.1 Å². The van der Waals surface area contributed by atoms with Crippen molar-refractivity contribution in [1.82, 2.24) is 0 Å². The van der Waals surface area contributed by atoms with E-state index in [2.05, 4.69) is 4.72 Å². The molecular formula is C12H8Cl3N3O4S. The number of anilines is 2. The zero-order valence-corrected chi connectivity index (χ0v) is 14.2. The van der Waals surface area contributed by atoms with E-state index in [1.54, 1.807) is 0 Å². The van der Waals surface area contributed by atoms with E-state index in [1.807, 2.05) is 0 Å². The van der Waals surface area contributed by atoms with Gasteiger partial charge in [0.1, 0.15) is 5.02 Å². The van der Waals surface area contributed by atoms with Crippen molar-refractivity contribution in [3.8, 4) is 0 Å². The molecular weight excluding hydrogens is 389 g/mol. The number of halogens is 3. The molecule has 7 nitrogen and oxygen atoms in total. The molecule has 2 aromatic rings. The minimum absolute atomic E-state index is 0.0619. The van der Waals surface area contributed by atoms with Gasteiger partial charge >= 0.3 is 0 Å².